The Hall–Kier alpha value is -3.81. The molecule has 0 aliphatic heterocycles. The molecule has 0 aliphatic rings. The summed E-state index contributed by atoms with van der Waals surface area (Å²) in [6, 6.07) is 0. The molecule has 4 unspecified atom stereocenters. The van der Waals surface area contributed by atoms with E-state index < -0.39 is 0 Å². The molecule has 13 nitrogen and oxygen atoms in total. The van der Waals surface area contributed by atoms with E-state index in [9.17, 15) is 24.0 Å². The SMILES string of the molecule is CCCCCC(C=CCOC(=O)CCCCCCCN(CCCCCCCC(=O)OCC=CC(CCCCC)CCCC(C)C(CC)CC(CC=CCOC(=O)CCCCCCCN(CCCCCCCC(=O)OCC=CCC(CCCC)CCCC)CCCCN(C)C)CCCC)C(=O)CCCN(C)C)CCCCC. The summed E-state index contributed by atoms with van der Waals surface area (Å²) < 4.78 is 22.5. The van der Waals surface area contributed by atoms with Crippen molar-refractivity contribution in [3.05, 3.63) is 48.6 Å². The van der Waals surface area contributed by atoms with Crippen LogP contribution in [0.2, 0.25) is 0 Å². The van der Waals surface area contributed by atoms with Crippen molar-refractivity contribution in [2.75, 3.05) is 100 Å². The second-order valence-electron chi connectivity index (χ2n) is 34.2. The molecule has 0 aromatic heterocycles. The predicted molar refractivity (Wildman–Crippen MR) is 475 cm³/mol. The lowest BCUT2D eigenvalue weighted by Gasteiger charge is -2.27. The van der Waals surface area contributed by atoms with E-state index in [4.69, 9.17) is 18.9 Å². The molecule has 0 fully saturated rings. The number of rotatable bonds is 84. The molecule has 4 atom stereocenters. The lowest BCUT2D eigenvalue weighted by Crippen LogP contribution is -2.33. The van der Waals surface area contributed by atoms with Gasteiger partial charge in [-0.2, -0.15) is 0 Å². The van der Waals surface area contributed by atoms with Crippen molar-refractivity contribution in [3.63, 3.8) is 0 Å². The van der Waals surface area contributed by atoms with Crippen molar-refractivity contribution in [1.82, 2.24) is 19.6 Å². The molecule has 0 aromatic carbocycles. The zero-order valence-corrected chi connectivity index (χ0v) is 75.4. The number of hydrogen-bond donors (Lipinski definition) is 0. The van der Waals surface area contributed by atoms with E-state index in [1.165, 1.54) is 212 Å². The Bertz CT molecular complexity index is 2200. The molecular formula is C98H184N4O9. The topological polar surface area (TPSA) is 135 Å². The van der Waals surface area contributed by atoms with Crippen molar-refractivity contribution >= 4 is 29.8 Å². The monoisotopic (exact) mass is 1560 g/mol. The number of hydrogen-bond acceptors (Lipinski definition) is 12. The van der Waals surface area contributed by atoms with Gasteiger partial charge in [0.1, 0.15) is 26.4 Å². The van der Waals surface area contributed by atoms with Crippen molar-refractivity contribution in [2.45, 2.75) is 415 Å². The molecule has 0 saturated heterocycles. The number of unbranched alkanes of at least 4 members (excludes halogenated alkanes) is 26. The maximum absolute atomic E-state index is 13.4. The fourth-order valence-electron chi connectivity index (χ4n) is 15.7. The molecule has 13 heteroatoms. The maximum Gasteiger partial charge on any atom is 0.306 e. The zero-order chi connectivity index (χ0) is 81.5. The van der Waals surface area contributed by atoms with Gasteiger partial charge in [-0.15, -0.1) is 0 Å². The first-order valence-corrected chi connectivity index (χ1v) is 47.6. The summed E-state index contributed by atoms with van der Waals surface area (Å²) in [5, 5.41) is 0. The van der Waals surface area contributed by atoms with Crippen LogP contribution < -0.4 is 0 Å². The van der Waals surface area contributed by atoms with Gasteiger partial charge in [-0.25, -0.2) is 0 Å². The molecule has 0 saturated carbocycles. The number of allylic oxidation sites excluding steroid dienone is 4. The zero-order valence-electron chi connectivity index (χ0n) is 75.4. The minimum atomic E-state index is -0.108. The van der Waals surface area contributed by atoms with Crippen LogP contribution in [0.4, 0.5) is 0 Å². The first kappa shape index (κ1) is 107. The van der Waals surface area contributed by atoms with Crippen LogP contribution in [0.5, 0.6) is 0 Å². The van der Waals surface area contributed by atoms with Gasteiger partial charge in [-0.05, 0) is 212 Å². The molecule has 0 heterocycles. The summed E-state index contributed by atoms with van der Waals surface area (Å²) in [6.07, 6.45) is 78.9. The minimum Gasteiger partial charge on any atom is -0.461 e. The lowest BCUT2D eigenvalue weighted by atomic mass is 9.78. The molecule has 1 amide bonds. The Morgan fingerprint density at radius 2 is 0.622 bits per heavy atom. The van der Waals surface area contributed by atoms with Crippen LogP contribution in [0, 0.1) is 35.5 Å². The van der Waals surface area contributed by atoms with Crippen molar-refractivity contribution in [1.29, 1.82) is 0 Å². The van der Waals surface area contributed by atoms with Gasteiger partial charge in [0, 0.05) is 45.2 Å². The molecule has 0 aliphatic carbocycles. The van der Waals surface area contributed by atoms with Gasteiger partial charge in [0.15, 0.2) is 0 Å². The van der Waals surface area contributed by atoms with Crippen LogP contribution in [0.1, 0.15) is 415 Å². The van der Waals surface area contributed by atoms with Gasteiger partial charge >= 0.3 is 23.9 Å². The molecule has 0 spiro atoms. The Kier molecular flexibility index (Phi) is 78.5. The summed E-state index contributed by atoms with van der Waals surface area (Å²) in [5.74, 6) is 3.79. The quantitative estimate of drug-likeness (QED) is 0.0248. The fourth-order valence-corrected chi connectivity index (χ4v) is 15.7. The number of ether oxygens (including phenoxy) is 4. The van der Waals surface area contributed by atoms with Crippen LogP contribution in [0.3, 0.4) is 0 Å². The highest BCUT2D eigenvalue weighted by Crippen LogP contribution is 2.33. The van der Waals surface area contributed by atoms with Gasteiger partial charge in [0.2, 0.25) is 5.91 Å². The highest BCUT2D eigenvalue weighted by molar-refractivity contribution is 5.76. The van der Waals surface area contributed by atoms with E-state index in [2.05, 4.69) is 152 Å². The fraction of sp³-hybridized carbons (Fsp3) is 0.867. The Balaban J connectivity index is 4.76. The van der Waals surface area contributed by atoms with Crippen molar-refractivity contribution < 1.29 is 42.9 Å². The van der Waals surface area contributed by atoms with Crippen LogP contribution in [0.25, 0.3) is 0 Å². The van der Waals surface area contributed by atoms with E-state index in [0.717, 1.165) is 167 Å². The molecular weight excluding hydrogens is 1380 g/mol. The second-order valence-corrected chi connectivity index (χ2v) is 34.2. The Labute approximate surface area is 688 Å². The third-order valence-corrected chi connectivity index (χ3v) is 23.1. The van der Waals surface area contributed by atoms with Gasteiger partial charge in [-0.1, -0.05) is 316 Å². The summed E-state index contributed by atoms with van der Waals surface area (Å²) in [7, 11) is 8.44. The summed E-state index contributed by atoms with van der Waals surface area (Å²) >= 11 is 0. The molecule has 0 rings (SSSR count). The predicted octanol–water partition coefficient (Wildman–Crippen LogP) is 26.3. The van der Waals surface area contributed by atoms with E-state index in [1.54, 1.807) is 0 Å². The largest absolute Gasteiger partial charge is 0.461 e. The summed E-state index contributed by atoms with van der Waals surface area (Å²) in [6.45, 7) is 27.1. The van der Waals surface area contributed by atoms with Crippen LogP contribution in [-0.2, 0) is 42.9 Å². The highest BCUT2D eigenvalue weighted by Gasteiger charge is 2.22. The molecule has 0 N–H and O–H groups in total. The van der Waals surface area contributed by atoms with Crippen LogP contribution >= 0.6 is 0 Å². The Morgan fingerprint density at radius 1 is 0.297 bits per heavy atom. The van der Waals surface area contributed by atoms with Crippen molar-refractivity contribution in [3.8, 4) is 0 Å². The first-order chi connectivity index (χ1) is 54.0. The van der Waals surface area contributed by atoms with E-state index in [1.807, 2.05) is 0 Å². The highest BCUT2D eigenvalue weighted by atomic mass is 16.5. The smallest absolute Gasteiger partial charge is 0.306 e. The van der Waals surface area contributed by atoms with Gasteiger partial charge in [0.25, 0.3) is 0 Å². The first-order valence-electron chi connectivity index (χ1n) is 47.6. The van der Waals surface area contributed by atoms with Gasteiger partial charge in [-0.3, -0.25) is 24.0 Å². The Morgan fingerprint density at radius 3 is 1.01 bits per heavy atom. The van der Waals surface area contributed by atoms with Crippen LogP contribution in [-0.4, -0.2) is 150 Å². The van der Waals surface area contributed by atoms with Gasteiger partial charge in [0.05, 0.1) is 0 Å². The second kappa shape index (κ2) is 81.3. The average molecular weight is 1560 g/mol. The third-order valence-electron chi connectivity index (χ3n) is 23.1. The summed E-state index contributed by atoms with van der Waals surface area (Å²) in [5.41, 5.74) is 0. The average Bonchev–Trinajstić information content (AvgIpc) is 0.919. The van der Waals surface area contributed by atoms with Gasteiger partial charge < -0.3 is 38.5 Å². The molecule has 0 radical (unpaired) electrons. The standard InChI is InChI=1S/C98H184N4O9/c1-13-20-38-63-90(64-39-21-14-2)69-57-85-110-97(106)74-43-32-28-36-49-81-102(94(103)71-56-77-100(11)12)82-50-37-29-33-44-75-98(107)111-86-58-70-91(65-40-22-15-3)68-55-59-88(8)93(19-7)87-92(62-25-18-6)67-46-54-84-109-96(105)73-42-31-27-35-48-79-101(80-52-51-76-99(9)10)78-47-34-26-30-41-72-95(104)108-83-53-45-66-89(60-23-16-4)61-24-17-5/h45-46,53-54,57-58,69-70,88-93H,13-44,47-52,55-56,59-68,71-87H2,1-12H3. The van der Waals surface area contributed by atoms with E-state index in [-0.39, 0.29) is 29.8 Å². The number of carbonyl (C=O) groups excluding carboxylic acids is 5. The molecule has 0 aromatic rings. The van der Waals surface area contributed by atoms with Crippen LogP contribution in [0.15, 0.2) is 48.6 Å². The molecule has 0 bridgehead atoms. The maximum atomic E-state index is 13.4. The number of esters is 4. The lowest BCUT2D eigenvalue weighted by molar-refractivity contribution is -0.143. The normalized spacial score (nSPS) is 13.2. The summed E-state index contributed by atoms with van der Waals surface area (Å²) in [4.78, 5) is 73.1. The number of nitrogens with zero attached hydrogens (tertiary/aromatic N) is 4. The number of carbonyl (C=O) groups is 5. The third kappa shape index (κ3) is 72.4. The van der Waals surface area contributed by atoms with E-state index in [0.29, 0.717) is 88.1 Å². The molecule has 111 heavy (non-hydrogen) atoms. The van der Waals surface area contributed by atoms with Crippen molar-refractivity contribution in [2.24, 2.45) is 35.5 Å². The number of amides is 1. The molecule has 650 valence electrons. The minimum absolute atomic E-state index is 0.0606. The van der Waals surface area contributed by atoms with E-state index >= 15 is 0 Å².